The Kier molecular flexibility index (Phi) is 4.15. The second-order valence-corrected chi connectivity index (χ2v) is 7.50. The lowest BCUT2D eigenvalue weighted by molar-refractivity contribution is -0.136. The average molecular weight is 353 g/mol. The van der Waals surface area contributed by atoms with Gasteiger partial charge in [-0.05, 0) is 52.9 Å². The van der Waals surface area contributed by atoms with E-state index in [0.29, 0.717) is 0 Å². The zero-order valence-electron chi connectivity index (χ0n) is 13.0. The number of benzene rings is 1. The molecule has 1 heterocycles. The molecule has 1 N–H and O–H groups in total. The van der Waals surface area contributed by atoms with Crippen molar-refractivity contribution in [2.75, 3.05) is 4.90 Å². The molecule has 2 atom stereocenters. The molecule has 1 aliphatic rings. The van der Waals surface area contributed by atoms with Crippen LogP contribution >= 0.6 is 15.9 Å². The molecule has 1 fully saturated rings. The highest BCUT2D eigenvalue weighted by atomic mass is 79.9. The number of hydrogen-bond donors (Lipinski definition) is 1. The van der Waals surface area contributed by atoms with Crippen molar-refractivity contribution in [2.24, 2.45) is 5.41 Å². The van der Waals surface area contributed by atoms with Gasteiger partial charge in [-0.1, -0.05) is 26.8 Å². The number of anilines is 1. The average Bonchev–Trinajstić information content (AvgIpc) is 2.35. The second kappa shape index (κ2) is 5.44. The number of piperazine rings is 1. The van der Waals surface area contributed by atoms with Crippen LogP contribution < -0.4 is 10.2 Å². The highest BCUT2D eigenvalue weighted by Gasteiger charge is 2.44. The van der Waals surface area contributed by atoms with Gasteiger partial charge in [-0.2, -0.15) is 0 Å². The summed E-state index contributed by atoms with van der Waals surface area (Å²) in [5.41, 5.74) is 1.50. The zero-order chi connectivity index (χ0) is 15.9. The van der Waals surface area contributed by atoms with Crippen molar-refractivity contribution in [3.05, 3.63) is 28.2 Å². The van der Waals surface area contributed by atoms with Crippen molar-refractivity contribution in [1.82, 2.24) is 5.32 Å². The molecule has 5 heteroatoms. The molecule has 1 aromatic carbocycles. The predicted molar refractivity (Wildman–Crippen MR) is 87.2 cm³/mol. The fourth-order valence-corrected chi connectivity index (χ4v) is 3.18. The maximum atomic E-state index is 12.9. The van der Waals surface area contributed by atoms with Gasteiger partial charge in [0.2, 0.25) is 5.91 Å². The summed E-state index contributed by atoms with van der Waals surface area (Å²) in [6.45, 7) is 9.59. The molecule has 0 aromatic heterocycles. The van der Waals surface area contributed by atoms with E-state index in [1.165, 1.54) is 0 Å². The molecule has 1 aliphatic heterocycles. The van der Waals surface area contributed by atoms with Gasteiger partial charge in [0.25, 0.3) is 5.91 Å². The maximum Gasteiger partial charge on any atom is 0.250 e. The predicted octanol–water partition coefficient (Wildman–Crippen LogP) is 3.02. The van der Waals surface area contributed by atoms with Crippen molar-refractivity contribution in [2.45, 2.75) is 46.7 Å². The summed E-state index contributed by atoms with van der Waals surface area (Å²) in [6, 6.07) is 4.74. The third-order valence-electron chi connectivity index (χ3n) is 3.77. The Hall–Kier alpha value is -1.36. The molecule has 0 saturated carbocycles. The summed E-state index contributed by atoms with van der Waals surface area (Å²) in [5.74, 6) is -0.193. The lowest BCUT2D eigenvalue weighted by Crippen LogP contribution is -2.66. The Bertz CT molecular complexity index is 592. The lowest BCUT2D eigenvalue weighted by atomic mass is 9.84. The first-order valence-electron chi connectivity index (χ1n) is 7.02. The number of hydrogen-bond acceptors (Lipinski definition) is 2. The van der Waals surface area contributed by atoms with Crippen LogP contribution in [0.1, 0.15) is 33.3 Å². The third kappa shape index (κ3) is 2.98. The van der Waals surface area contributed by atoms with Gasteiger partial charge in [-0.3, -0.25) is 14.5 Å². The van der Waals surface area contributed by atoms with Gasteiger partial charge in [0.05, 0.1) is 5.69 Å². The molecular weight excluding hydrogens is 332 g/mol. The SMILES string of the molecule is Cc1ccc(N2C(=O)C(C(C)(C)C)NC(=O)C2C)c(Br)c1. The number of aryl methyl sites for hydroxylation is 1. The minimum absolute atomic E-state index is 0.0702. The maximum absolute atomic E-state index is 12.9. The number of carbonyl (C=O) groups excluding carboxylic acids is 2. The van der Waals surface area contributed by atoms with Crippen LogP contribution in [0.2, 0.25) is 0 Å². The fraction of sp³-hybridized carbons (Fsp3) is 0.500. The monoisotopic (exact) mass is 352 g/mol. The summed E-state index contributed by atoms with van der Waals surface area (Å²) < 4.78 is 0.824. The van der Waals surface area contributed by atoms with Crippen molar-refractivity contribution in [3.63, 3.8) is 0 Å². The summed E-state index contributed by atoms with van der Waals surface area (Å²) in [7, 11) is 0. The molecule has 21 heavy (non-hydrogen) atoms. The van der Waals surface area contributed by atoms with Gasteiger partial charge in [-0.15, -0.1) is 0 Å². The van der Waals surface area contributed by atoms with Gasteiger partial charge in [0.15, 0.2) is 0 Å². The molecule has 0 spiro atoms. The summed E-state index contributed by atoms with van der Waals surface area (Å²) in [6.07, 6.45) is 0. The lowest BCUT2D eigenvalue weighted by Gasteiger charge is -2.42. The van der Waals surface area contributed by atoms with E-state index in [1.54, 1.807) is 11.8 Å². The Morgan fingerprint density at radius 2 is 1.86 bits per heavy atom. The summed E-state index contributed by atoms with van der Waals surface area (Å²) >= 11 is 3.50. The van der Waals surface area contributed by atoms with Crippen LogP contribution in [0.25, 0.3) is 0 Å². The Morgan fingerprint density at radius 1 is 1.24 bits per heavy atom. The van der Waals surface area contributed by atoms with Crippen LogP contribution in [0.3, 0.4) is 0 Å². The number of nitrogens with zero attached hydrogens (tertiary/aromatic N) is 1. The van der Waals surface area contributed by atoms with Crippen LogP contribution in [0.5, 0.6) is 0 Å². The summed E-state index contributed by atoms with van der Waals surface area (Å²) in [4.78, 5) is 26.7. The van der Waals surface area contributed by atoms with E-state index in [2.05, 4.69) is 21.2 Å². The molecule has 114 valence electrons. The van der Waals surface area contributed by atoms with E-state index >= 15 is 0 Å². The van der Waals surface area contributed by atoms with E-state index in [4.69, 9.17) is 0 Å². The van der Waals surface area contributed by atoms with Gasteiger partial charge in [-0.25, -0.2) is 0 Å². The highest BCUT2D eigenvalue weighted by molar-refractivity contribution is 9.10. The Labute approximate surface area is 134 Å². The van der Waals surface area contributed by atoms with Crippen LogP contribution in [-0.2, 0) is 9.59 Å². The Morgan fingerprint density at radius 3 is 2.38 bits per heavy atom. The first-order valence-corrected chi connectivity index (χ1v) is 7.82. The molecule has 4 nitrogen and oxygen atoms in total. The van der Waals surface area contributed by atoms with Crippen molar-refractivity contribution in [1.29, 1.82) is 0 Å². The van der Waals surface area contributed by atoms with Crippen LogP contribution in [0.4, 0.5) is 5.69 Å². The molecule has 1 saturated heterocycles. The quantitative estimate of drug-likeness (QED) is 0.844. The van der Waals surface area contributed by atoms with Crippen LogP contribution in [0.15, 0.2) is 22.7 Å². The highest BCUT2D eigenvalue weighted by Crippen LogP contribution is 2.33. The van der Waals surface area contributed by atoms with Crippen molar-refractivity contribution < 1.29 is 9.59 Å². The molecule has 0 aliphatic carbocycles. The van der Waals surface area contributed by atoms with Crippen molar-refractivity contribution in [3.8, 4) is 0 Å². The van der Waals surface area contributed by atoms with E-state index in [9.17, 15) is 9.59 Å². The number of carbonyl (C=O) groups is 2. The van der Waals surface area contributed by atoms with Gasteiger partial charge < -0.3 is 5.32 Å². The second-order valence-electron chi connectivity index (χ2n) is 6.65. The molecule has 0 bridgehead atoms. The van der Waals surface area contributed by atoms with Gasteiger partial charge in [0.1, 0.15) is 12.1 Å². The van der Waals surface area contributed by atoms with Crippen LogP contribution in [0, 0.1) is 12.3 Å². The minimum Gasteiger partial charge on any atom is -0.342 e. The van der Waals surface area contributed by atoms with E-state index in [1.807, 2.05) is 45.9 Å². The van der Waals surface area contributed by atoms with Gasteiger partial charge >= 0.3 is 0 Å². The summed E-state index contributed by atoms with van der Waals surface area (Å²) in [5, 5.41) is 2.84. The first-order chi connectivity index (χ1) is 9.62. The number of rotatable bonds is 1. The number of halogens is 1. The van der Waals surface area contributed by atoms with Gasteiger partial charge in [0, 0.05) is 4.47 Å². The molecule has 0 radical (unpaired) electrons. The molecule has 1 aromatic rings. The normalized spacial score (nSPS) is 23.2. The molecule has 2 rings (SSSR count). The largest absolute Gasteiger partial charge is 0.342 e. The van der Waals surface area contributed by atoms with E-state index in [-0.39, 0.29) is 17.2 Å². The fourth-order valence-electron chi connectivity index (χ4n) is 2.49. The molecule has 2 unspecified atom stereocenters. The molecular formula is C16H21BrN2O2. The first kappa shape index (κ1) is 16.0. The third-order valence-corrected chi connectivity index (χ3v) is 4.40. The smallest absolute Gasteiger partial charge is 0.250 e. The Balaban J connectivity index is 2.48. The molecule has 2 amide bonds. The zero-order valence-corrected chi connectivity index (χ0v) is 14.6. The van der Waals surface area contributed by atoms with E-state index < -0.39 is 12.1 Å². The topological polar surface area (TPSA) is 49.4 Å². The van der Waals surface area contributed by atoms with Crippen molar-refractivity contribution >= 4 is 33.4 Å². The van der Waals surface area contributed by atoms with Crippen LogP contribution in [-0.4, -0.2) is 23.9 Å². The standard InChI is InChI=1S/C16H21BrN2O2/c1-9-6-7-12(11(17)8-9)19-10(2)14(20)18-13(15(19)21)16(3,4)5/h6-8,10,13H,1-5H3,(H,18,20). The number of amides is 2. The number of nitrogens with one attached hydrogen (secondary N) is 1. The minimum atomic E-state index is -0.519. The van der Waals surface area contributed by atoms with E-state index in [0.717, 1.165) is 15.7 Å².